The average Bonchev–Trinajstić information content (AvgIpc) is 2.49. The molecule has 0 unspecified atom stereocenters. The van der Waals surface area contributed by atoms with Crippen LogP contribution in [0.5, 0.6) is 0 Å². The van der Waals surface area contributed by atoms with Crippen LogP contribution in [-0.2, 0) is 4.79 Å². The molecule has 2 amide bonds. The predicted octanol–water partition coefficient (Wildman–Crippen LogP) is 1.06. The van der Waals surface area contributed by atoms with Gasteiger partial charge in [-0.2, -0.15) is 5.10 Å². The van der Waals surface area contributed by atoms with Crippen LogP contribution in [0.1, 0.15) is 27.2 Å². The van der Waals surface area contributed by atoms with Crippen LogP contribution in [0.2, 0.25) is 0 Å². The van der Waals surface area contributed by atoms with Crippen molar-refractivity contribution in [2.45, 2.75) is 20.8 Å². The van der Waals surface area contributed by atoms with Gasteiger partial charge in [-0.25, -0.2) is 5.10 Å². The summed E-state index contributed by atoms with van der Waals surface area (Å²) in [5.74, 6) is -0.869. The largest absolute Gasteiger partial charge is 0.342 e. The Hall–Kier alpha value is -2.96. The number of aryl methyl sites for hydroxylation is 3. The molecule has 0 saturated heterocycles. The van der Waals surface area contributed by atoms with Crippen LogP contribution in [0.4, 0.5) is 5.69 Å². The third-order valence-electron chi connectivity index (χ3n) is 3.26. The maximum absolute atomic E-state index is 12.0. The first kappa shape index (κ1) is 16.4. The molecule has 120 valence electrons. The van der Waals surface area contributed by atoms with Crippen molar-refractivity contribution in [3.05, 3.63) is 57.0 Å². The molecule has 1 aromatic carbocycles. The highest BCUT2D eigenvalue weighted by atomic mass is 16.2. The fourth-order valence-corrected chi connectivity index (χ4v) is 2.28. The van der Waals surface area contributed by atoms with Crippen molar-refractivity contribution in [3.63, 3.8) is 0 Å². The fourth-order valence-electron chi connectivity index (χ4n) is 2.28. The minimum Gasteiger partial charge on any atom is -0.342 e. The fraction of sp³-hybridized carbons (Fsp3) is 0.250. The Morgan fingerprint density at radius 2 is 1.78 bits per heavy atom. The Morgan fingerprint density at radius 3 is 2.35 bits per heavy atom. The van der Waals surface area contributed by atoms with Crippen LogP contribution in [0.25, 0.3) is 0 Å². The lowest BCUT2D eigenvalue weighted by molar-refractivity contribution is -0.115. The highest BCUT2D eigenvalue weighted by Gasteiger charge is 2.11. The smallest absolute Gasteiger partial charge is 0.272 e. The van der Waals surface area contributed by atoms with Crippen molar-refractivity contribution in [1.29, 1.82) is 0 Å². The SMILES string of the molecule is Cc1cc(C)c(NC(=O)CNC(=O)c2ccc(=O)[nH]n2)c(C)c1. The minimum atomic E-state index is -0.534. The van der Waals surface area contributed by atoms with E-state index >= 15 is 0 Å². The molecule has 23 heavy (non-hydrogen) atoms. The second-order valence-electron chi connectivity index (χ2n) is 5.31. The van der Waals surface area contributed by atoms with E-state index in [2.05, 4.69) is 20.8 Å². The molecule has 0 saturated carbocycles. The number of carbonyl (C=O) groups is 2. The second kappa shape index (κ2) is 6.87. The van der Waals surface area contributed by atoms with Gasteiger partial charge in [0.25, 0.3) is 11.5 Å². The zero-order chi connectivity index (χ0) is 17.0. The van der Waals surface area contributed by atoms with Gasteiger partial charge < -0.3 is 10.6 Å². The van der Waals surface area contributed by atoms with E-state index in [1.54, 1.807) is 0 Å². The van der Waals surface area contributed by atoms with Gasteiger partial charge >= 0.3 is 0 Å². The van der Waals surface area contributed by atoms with Crippen molar-refractivity contribution < 1.29 is 9.59 Å². The normalized spacial score (nSPS) is 10.2. The van der Waals surface area contributed by atoms with Gasteiger partial charge in [-0.15, -0.1) is 0 Å². The summed E-state index contributed by atoms with van der Waals surface area (Å²) < 4.78 is 0. The Labute approximate surface area is 133 Å². The van der Waals surface area contributed by atoms with Crippen LogP contribution in [0.3, 0.4) is 0 Å². The molecule has 0 spiro atoms. The van der Waals surface area contributed by atoms with Crippen LogP contribution < -0.4 is 16.2 Å². The average molecular weight is 314 g/mol. The summed E-state index contributed by atoms with van der Waals surface area (Å²) in [6, 6.07) is 6.44. The first-order chi connectivity index (χ1) is 10.9. The highest BCUT2D eigenvalue weighted by Crippen LogP contribution is 2.21. The molecule has 2 aromatic rings. The monoisotopic (exact) mass is 314 g/mol. The number of hydrogen-bond acceptors (Lipinski definition) is 4. The second-order valence-corrected chi connectivity index (χ2v) is 5.31. The molecule has 0 bridgehead atoms. The van der Waals surface area contributed by atoms with E-state index < -0.39 is 11.5 Å². The number of nitrogens with one attached hydrogen (secondary N) is 3. The topological polar surface area (TPSA) is 104 Å². The van der Waals surface area contributed by atoms with Crippen LogP contribution in [0.15, 0.2) is 29.1 Å². The summed E-state index contributed by atoms with van der Waals surface area (Å²) in [6.07, 6.45) is 0. The lowest BCUT2D eigenvalue weighted by Crippen LogP contribution is -2.34. The number of hydrogen-bond donors (Lipinski definition) is 3. The summed E-state index contributed by atoms with van der Waals surface area (Å²) in [6.45, 7) is 5.63. The van der Waals surface area contributed by atoms with Crippen LogP contribution >= 0.6 is 0 Å². The van der Waals surface area contributed by atoms with Crippen molar-refractivity contribution in [2.24, 2.45) is 0 Å². The van der Waals surface area contributed by atoms with Gasteiger partial charge in [0, 0.05) is 11.8 Å². The van der Waals surface area contributed by atoms with E-state index in [4.69, 9.17) is 0 Å². The first-order valence-corrected chi connectivity index (χ1v) is 7.08. The number of carbonyl (C=O) groups excluding carboxylic acids is 2. The van der Waals surface area contributed by atoms with E-state index in [-0.39, 0.29) is 18.1 Å². The number of aromatic nitrogens is 2. The van der Waals surface area contributed by atoms with E-state index in [9.17, 15) is 14.4 Å². The standard InChI is InChI=1S/C16H18N4O3/c1-9-6-10(2)15(11(3)7-9)18-14(22)8-17-16(23)12-4-5-13(21)20-19-12/h4-7H,8H2,1-3H3,(H,17,23)(H,18,22)(H,20,21). The third-order valence-corrected chi connectivity index (χ3v) is 3.26. The Kier molecular flexibility index (Phi) is 4.90. The number of anilines is 1. The predicted molar refractivity (Wildman–Crippen MR) is 86.5 cm³/mol. The number of nitrogens with zero attached hydrogens (tertiary/aromatic N) is 1. The van der Waals surface area contributed by atoms with Gasteiger partial charge in [-0.3, -0.25) is 14.4 Å². The highest BCUT2D eigenvalue weighted by molar-refractivity contribution is 5.98. The van der Waals surface area contributed by atoms with E-state index in [0.29, 0.717) is 0 Å². The summed E-state index contributed by atoms with van der Waals surface area (Å²) >= 11 is 0. The van der Waals surface area contributed by atoms with Gasteiger partial charge in [-0.05, 0) is 38.0 Å². The third kappa shape index (κ3) is 4.26. The Bertz CT molecular complexity index is 768. The molecular weight excluding hydrogens is 296 g/mol. The summed E-state index contributed by atoms with van der Waals surface area (Å²) in [4.78, 5) is 34.7. The quantitative estimate of drug-likeness (QED) is 0.785. The molecule has 7 heteroatoms. The molecule has 0 fully saturated rings. The number of aromatic amines is 1. The van der Waals surface area contributed by atoms with Gasteiger partial charge in [0.05, 0.1) is 6.54 Å². The van der Waals surface area contributed by atoms with E-state index in [1.165, 1.54) is 12.1 Å². The maximum atomic E-state index is 12.0. The van der Waals surface area contributed by atoms with Gasteiger partial charge in [0.1, 0.15) is 5.69 Å². The molecule has 1 heterocycles. The molecule has 0 atom stereocenters. The molecule has 0 aliphatic carbocycles. The minimum absolute atomic E-state index is 0.0418. The molecular formula is C16H18N4O3. The van der Waals surface area contributed by atoms with Crippen molar-refractivity contribution in [3.8, 4) is 0 Å². The molecule has 0 radical (unpaired) electrons. The van der Waals surface area contributed by atoms with Gasteiger partial charge in [0.2, 0.25) is 5.91 Å². The maximum Gasteiger partial charge on any atom is 0.272 e. The van der Waals surface area contributed by atoms with Crippen LogP contribution in [-0.4, -0.2) is 28.6 Å². The summed E-state index contributed by atoms with van der Waals surface area (Å²) in [5.41, 5.74) is 3.44. The number of H-pyrrole nitrogens is 1. The number of amides is 2. The Morgan fingerprint density at radius 1 is 1.13 bits per heavy atom. The van der Waals surface area contributed by atoms with E-state index in [0.717, 1.165) is 22.4 Å². The summed E-state index contributed by atoms with van der Waals surface area (Å²) in [5, 5.41) is 11.0. The molecule has 0 aliphatic heterocycles. The molecule has 3 N–H and O–H groups in total. The van der Waals surface area contributed by atoms with Crippen molar-refractivity contribution in [1.82, 2.24) is 15.5 Å². The van der Waals surface area contributed by atoms with Gasteiger partial charge in [-0.1, -0.05) is 17.7 Å². The van der Waals surface area contributed by atoms with Crippen molar-refractivity contribution >= 4 is 17.5 Å². The number of rotatable bonds is 4. The number of benzene rings is 1. The zero-order valence-corrected chi connectivity index (χ0v) is 13.2. The first-order valence-electron chi connectivity index (χ1n) is 7.08. The molecule has 1 aromatic heterocycles. The van der Waals surface area contributed by atoms with Crippen LogP contribution in [0, 0.1) is 20.8 Å². The lowest BCUT2D eigenvalue weighted by atomic mass is 10.1. The summed E-state index contributed by atoms with van der Waals surface area (Å²) in [7, 11) is 0. The van der Waals surface area contributed by atoms with Gasteiger partial charge in [0.15, 0.2) is 0 Å². The molecule has 0 aliphatic rings. The lowest BCUT2D eigenvalue weighted by Gasteiger charge is -2.13. The molecule has 7 nitrogen and oxygen atoms in total. The Balaban J connectivity index is 1.97. The van der Waals surface area contributed by atoms with Crippen molar-refractivity contribution in [2.75, 3.05) is 11.9 Å². The zero-order valence-electron chi connectivity index (χ0n) is 13.2. The molecule has 2 rings (SSSR count). The van der Waals surface area contributed by atoms with E-state index in [1.807, 2.05) is 32.9 Å².